The molecule has 0 saturated carbocycles. The van der Waals surface area contributed by atoms with Crippen molar-refractivity contribution in [3.63, 3.8) is 0 Å². The molecule has 126 valence electrons. The molecular formula is C20H16O4S. The quantitative estimate of drug-likeness (QED) is 0.500. The molecule has 0 spiro atoms. The molecule has 1 heterocycles. The Bertz CT molecular complexity index is 853. The number of benzene rings is 2. The zero-order valence-corrected chi connectivity index (χ0v) is 14.6. The molecule has 4 nitrogen and oxygen atoms in total. The fourth-order valence-corrected chi connectivity index (χ4v) is 2.99. The average Bonchev–Trinajstić information content (AvgIpc) is 3.05. The SMILES string of the molecule is Cc1cccc(OC(=O)c2ccc(C(=O)Oc3cccc(C)c3)s2)c1. The first-order valence-corrected chi connectivity index (χ1v) is 8.50. The summed E-state index contributed by atoms with van der Waals surface area (Å²) in [5.41, 5.74) is 2.00. The van der Waals surface area contributed by atoms with Gasteiger partial charge >= 0.3 is 11.9 Å². The van der Waals surface area contributed by atoms with Crippen LogP contribution in [0.3, 0.4) is 0 Å². The minimum Gasteiger partial charge on any atom is -0.422 e. The number of rotatable bonds is 4. The van der Waals surface area contributed by atoms with Gasteiger partial charge in [-0.1, -0.05) is 24.3 Å². The van der Waals surface area contributed by atoms with Gasteiger partial charge in [-0.2, -0.15) is 0 Å². The van der Waals surface area contributed by atoms with E-state index in [4.69, 9.17) is 9.47 Å². The summed E-state index contributed by atoms with van der Waals surface area (Å²) in [6.07, 6.45) is 0. The Balaban J connectivity index is 1.69. The Morgan fingerprint density at radius 1 is 0.720 bits per heavy atom. The first-order chi connectivity index (χ1) is 12.0. The maximum absolute atomic E-state index is 12.2. The predicted molar refractivity (Wildman–Crippen MR) is 96.6 cm³/mol. The van der Waals surface area contributed by atoms with Crippen LogP contribution in [0.2, 0.25) is 0 Å². The van der Waals surface area contributed by atoms with Gasteiger partial charge in [-0.15, -0.1) is 11.3 Å². The van der Waals surface area contributed by atoms with E-state index in [1.165, 1.54) is 0 Å². The summed E-state index contributed by atoms with van der Waals surface area (Å²) in [5, 5.41) is 0. The lowest BCUT2D eigenvalue weighted by Gasteiger charge is -2.04. The molecule has 0 amide bonds. The van der Waals surface area contributed by atoms with Crippen molar-refractivity contribution in [2.75, 3.05) is 0 Å². The van der Waals surface area contributed by atoms with Crippen LogP contribution >= 0.6 is 11.3 Å². The van der Waals surface area contributed by atoms with Gasteiger partial charge in [0.1, 0.15) is 21.3 Å². The van der Waals surface area contributed by atoms with Crippen molar-refractivity contribution in [2.45, 2.75) is 13.8 Å². The Hall–Kier alpha value is -2.92. The van der Waals surface area contributed by atoms with E-state index in [-0.39, 0.29) is 0 Å². The summed E-state index contributed by atoms with van der Waals surface area (Å²) in [6.45, 7) is 3.84. The fraction of sp³-hybridized carbons (Fsp3) is 0.100. The summed E-state index contributed by atoms with van der Waals surface area (Å²) in [6, 6.07) is 17.6. The highest BCUT2D eigenvalue weighted by Crippen LogP contribution is 2.22. The molecule has 0 atom stereocenters. The van der Waals surface area contributed by atoms with E-state index in [0.29, 0.717) is 21.3 Å². The van der Waals surface area contributed by atoms with E-state index >= 15 is 0 Å². The smallest absolute Gasteiger partial charge is 0.353 e. The Morgan fingerprint density at radius 3 is 1.56 bits per heavy atom. The van der Waals surface area contributed by atoms with Crippen LogP contribution in [0.15, 0.2) is 60.7 Å². The van der Waals surface area contributed by atoms with Gasteiger partial charge in [0.2, 0.25) is 0 Å². The van der Waals surface area contributed by atoms with Gasteiger partial charge in [0.25, 0.3) is 0 Å². The van der Waals surface area contributed by atoms with Gasteiger partial charge in [-0.05, 0) is 61.4 Å². The first kappa shape index (κ1) is 16.9. The van der Waals surface area contributed by atoms with Crippen LogP contribution < -0.4 is 9.47 Å². The molecule has 0 aliphatic carbocycles. The van der Waals surface area contributed by atoms with E-state index in [9.17, 15) is 9.59 Å². The van der Waals surface area contributed by atoms with Crippen LogP contribution in [-0.4, -0.2) is 11.9 Å². The van der Waals surface area contributed by atoms with Crippen molar-refractivity contribution < 1.29 is 19.1 Å². The zero-order valence-electron chi connectivity index (χ0n) is 13.8. The number of thiophene rings is 1. The molecular weight excluding hydrogens is 336 g/mol. The van der Waals surface area contributed by atoms with Crippen molar-refractivity contribution in [1.82, 2.24) is 0 Å². The summed E-state index contributed by atoms with van der Waals surface area (Å²) < 4.78 is 10.7. The first-order valence-electron chi connectivity index (χ1n) is 7.69. The van der Waals surface area contributed by atoms with E-state index in [1.54, 1.807) is 36.4 Å². The molecule has 0 unspecified atom stereocenters. The molecule has 0 radical (unpaired) electrons. The molecule has 0 aliphatic rings. The Kier molecular flexibility index (Phi) is 4.95. The second kappa shape index (κ2) is 7.32. The number of hydrogen-bond donors (Lipinski definition) is 0. The van der Waals surface area contributed by atoms with Crippen LogP contribution in [-0.2, 0) is 0 Å². The van der Waals surface area contributed by atoms with Crippen LogP contribution in [0.25, 0.3) is 0 Å². The number of ether oxygens (including phenoxy) is 2. The highest BCUT2D eigenvalue weighted by molar-refractivity contribution is 7.15. The zero-order chi connectivity index (χ0) is 17.8. The highest BCUT2D eigenvalue weighted by atomic mass is 32.1. The summed E-state index contributed by atoms with van der Waals surface area (Å²) in [5.74, 6) is -0.0417. The molecule has 0 saturated heterocycles. The molecule has 5 heteroatoms. The van der Waals surface area contributed by atoms with Gasteiger partial charge < -0.3 is 9.47 Å². The maximum Gasteiger partial charge on any atom is 0.353 e. The number of esters is 2. The lowest BCUT2D eigenvalue weighted by Crippen LogP contribution is -2.07. The molecule has 0 fully saturated rings. The lowest BCUT2D eigenvalue weighted by molar-refractivity contribution is 0.0732. The molecule has 0 bridgehead atoms. The van der Waals surface area contributed by atoms with Crippen molar-refractivity contribution in [3.05, 3.63) is 81.5 Å². The fourth-order valence-electron chi connectivity index (χ4n) is 2.23. The number of aryl methyl sites for hydroxylation is 2. The van der Waals surface area contributed by atoms with Crippen LogP contribution in [0.4, 0.5) is 0 Å². The number of carbonyl (C=O) groups excluding carboxylic acids is 2. The second-order valence-corrected chi connectivity index (χ2v) is 6.66. The van der Waals surface area contributed by atoms with E-state index in [1.807, 2.05) is 38.1 Å². The third kappa shape index (κ3) is 4.33. The Morgan fingerprint density at radius 2 is 1.16 bits per heavy atom. The van der Waals surface area contributed by atoms with Gasteiger partial charge in [-0.3, -0.25) is 0 Å². The average molecular weight is 352 g/mol. The molecule has 2 aromatic carbocycles. The topological polar surface area (TPSA) is 52.6 Å². The van der Waals surface area contributed by atoms with E-state index in [0.717, 1.165) is 22.5 Å². The third-order valence-electron chi connectivity index (χ3n) is 3.41. The maximum atomic E-state index is 12.2. The van der Waals surface area contributed by atoms with Crippen LogP contribution in [0.5, 0.6) is 11.5 Å². The predicted octanol–water partition coefficient (Wildman–Crippen LogP) is 4.80. The molecule has 0 N–H and O–H groups in total. The van der Waals surface area contributed by atoms with Crippen molar-refractivity contribution in [1.29, 1.82) is 0 Å². The van der Waals surface area contributed by atoms with Crippen molar-refractivity contribution >= 4 is 23.3 Å². The van der Waals surface area contributed by atoms with Crippen molar-refractivity contribution in [3.8, 4) is 11.5 Å². The van der Waals surface area contributed by atoms with Gasteiger partial charge in [0.15, 0.2) is 0 Å². The minimum absolute atomic E-state index is 0.345. The summed E-state index contributed by atoms with van der Waals surface area (Å²) in [7, 11) is 0. The normalized spacial score (nSPS) is 10.3. The van der Waals surface area contributed by atoms with Gasteiger partial charge in [0, 0.05) is 0 Å². The summed E-state index contributed by atoms with van der Waals surface area (Å²) in [4.78, 5) is 25.1. The van der Waals surface area contributed by atoms with E-state index in [2.05, 4.69) is 0 Å². The highest BCUT2D eigenvalue weighted by Gasteiger charge is 2.17. The van der Waals surface area contributed by atoms with E-state index < -0.39 is 11.9 Å². The second-order valence-electron chi connectivity index (χ2n) is 5.58. The molecule has 0 aliphatic heterocycles. The number of hydrogen-bond acceptors (Lipinski definition) is 5. The van der Waals surface area contributed by atoms with Crippen LogP contribution in [0.1, 0.15) is 30.5 Å². The minimum atomic E-state index is -0.495. The largest absolute Gasteiger partial charge is 0.422 e. The monoisotopic (exact) mass is 352 g/mol. The number of carbonyl (C=O) groups is 2. The van der Waals surface area contributed by atoms with Crippen molar-refractivity contribution in [2.24, 2.45) is 0 Å². The Labute approximate surface area is 149 Å². The standard InChI is InChI=1S/C20H16O4S/c1-13-5-3-7-15(11-13)23-19(21)17-9-10-18(25-17)20(22)24-16-8-4-6-14(2)12-16/h3-12H,1-2H3. The third-order valence-corrected chi connectivity index (χ3v) is 4.45. The van der Waals surface area contributed by atoms with Crippen LogP contribution in [0, 0.1) is 13.8 Å². The summed E-state index contributed by atoms with van der Waals surface area (Å²) >= 11 is 1.05. The van der Waals surface area contributed by atoms with Gasteiger partial charge in [-0.25, -0.2) is 9.59 Å². The molecule has 3 aromatic rings. The molecule has 3 rings (SSSR count). The molecule has 1 aromatic heterocycles. The molecule has 25 heavy (non-hydrogen) atoms. The lowest BCUT2D eigenvalue weighted by atomic mass is 10.2. The van der Waals surface area contributed by atoms with Gasteiger partial charge in [0.05, 0.1) is 0 Å².